The van der Waals surface area contributed by atoms with Crippen molar-refractivity contribution in [2.24, 2.45) is 5.92 Å². The van der Waals surface area contributed by atoms with E-state index in [1.807, 2.05) is 0 Å². The summed E-state index contributed by atoms with van der Waals surface area (Å²) >= 11 is 0. The van der Waals surface area contributed by atoms with Crippen molar-refractivity contribution >= 4 is 27.4 Å². The quantitative estimate of drug-likeness (QED) is 0.495. The van der Waals surface area contributed by atoms with Crippen molar-refractivity contribution in [1.29, 1.82) is 0 Å². The molecule has 1 aromatic heterocycles. The van der Waals surface area contributed by atoms with Crippen molar-refractivity contribution in [2.45, 2.75) is 13.3 Å². The van der Waals surface area contributed by atoms with Gasteiger partial charge in [0.25, 0.3) is 0 Å². The summed E-state index contributed by atoms with van der Waals surface area (Å²) in [6, 6.07) is 15.1. The van der Waals surface area contributed by atoms with E-state index in [2.05, 4.69) is 103 Å². The largest absolute Gasteiger partial charge is 0.354 e. The molecule has 0 saturated heterocycles. The molecule has 3 aromatic rings. The molecule has 1 nitrogen and oxygen atoms in total. The summed E-state index contributed by atoms with van der Waals surface area (Å²) in [5.41, 5.74) is 6.00. The molecule has 1 unspecified atom stereocenters. The normalized spacial score (nSPS) is 17.6. The molecule has 1 N–H and O–H groups in total. The molecule has 128 valence electrons. The number of aromatic amines is 1. The maximum atomic E-state index is 4.21. The SMILES string of the molecule is C=C(/C=C\C=C(/C)c1ccc2c(c1)[nH]c1ccccc12)C1C=CC=CC1. The van der Waals surface area contributed by atoms with E-state index in [1.165, 1.54) is 32.9 Å². The van der Waals surface area contributed by atoms with E-state index in [-0.39, 0.29) is 0 Å². The van der Waals surface area contributed by atoms with Gasteiger partial charge in [-0.15, -0.1) is 0 Å². The maximum Gasteiger partial charge on any atom is 0.0470 e. The van der Waals surface area contributed by atoms with Crippen LogP contribution >= 0.6 is 0 Å². The van der Waals surface area contributed by atoms with Crippen molar-refractivity contribution in [1.82, 2.24) is 4.98 Å². The molecule has 2 aromatic carbocycles. The van der Waals surface area contributed by atoms with Gasteiger partial charge in [0.2, 0.25) is 0 Å². The smallest absolute Gasteiger partial charge is 0.0470 e. The summed E-state index contributed by atoms with van der Waals surface area (Å²) < 4.78 is 0. The van der Waals surface area contributed by atoms with Gasteiger partial charge in [0.15, 0.2) is 0 Å². The van der Waals surface area contributed by atoms with Gasteiger partial charge in [-0.1, -0.05) is 79.4 Å². The van der Waals surface area contributed by atoms with Crippen LogP contribution in [-0.4, -0.2) is 4.98 Å². The van der Waals surface area contributed by atoms with Gasteiger partial charge in [-0.3, -0.25) is 0 Å². The van der Waals surface area contributed by atoms with Crippen molar-refractivity contribution < 1.29 is 0 Å². The summed E-state index contributed by atoms with van der Waals surface area (Å²) in [7, 11) is 0. The highest BCUT2D eigenvalue weighted by atomic mass is 14.7. The van der Waals surface area contributed by atoms with Crippen LogP contribution < -0.4 is 0 Å². The monoisotopic (exact) mass is 337 g/mol. The maximum absolute atomic E-state index is 4.21. The summed E-state index contributed by atoms with van der Waals surface area (Å²) in [5.74, 6) is 0.424. The number of para-hydroxylation sites is 1. The Hall–Kier alpha value is -3.06. The Kier molecular flexibility index (Phi) is 4.45. The van der Waals surface area contributed by atoms with Crippen LogP contribution in [0.15, 0.2) is 97.1 Å². The number of hydrogen-bond donors (Lipinski definition) is 1. The minimum atomic E-state index is 0.424. The van der Waals surface area contributed by atoms with Crippen molar-refractivity contribution in [3.05, 3.63) is 103 Å². The number of fused-ring (bicyclic) bond motifs is 3. The zero-order chi connectivity index (χ0) is 17.9. The first-order chi connectivity index (χ1) is 12.7. The van der Waals surface area contributed by atoms with Gasteiger partial charge in [-0.25, -0.2) is 0 Å². The molecule has 0 saturated carbocycles. The Morgan fingerprint density at radius 2 is 1.92 bits per heavy atom. The van der Waals surface area contributed by atoms with Crippen molar-refractivity contribution in [2.75, 3.05) is 0 Å². The second-order valence-electron chi connectivity index (χ2n) is 6.87. The van der Waals surface area contributed by atoms with Crippen LogP contribution in [0.3, 0.4) is 0 Å². The van der Waals surface area contributed by atoms with Gasteiger partial charge < -0.3 is 4.98 Å². The first-order valence-electron chi connectivity index (χ1n) is 9.10. The molecule has 4 rings (SSSR count). The van der Waals surface area contributed by atoms with E-state index in [1.54, 1.807) is 0 Å². The van der Waals surface area contributed by atoms with E-state index in [0.717, 1.165) is 12.0 Å². The van der Waals surface area contributed by atoms with E-state index in [9.17, 15) is 0 Å². The van der Waals surface area contributed by atoms with Crippen LogP contribution in [0.1, 0.15) is 18.9 Å². The Morgan fingerprint density at radius 1 is 1.08 bits per heavy atom. The highest BCUT2D eigenvalue weighted by molar-refractivity contribution is 6.07. The van der Waals surface area contributed by atoms with Crippen molar-refractivity contribution in [3.63, 3.8) is 0 Å². The number of aromatic nitrogens is 1. The fourth-order valence-electron chi connectivity index (χ4n) is 3.49. The number of rotatable bonds is 4. The Labute approximate surface area is 154 Å². The van der Waals surface area contributed by atoms with Crippen LogP contribution in [0.4, 0.5) is 0 Å². The average Bonchev–Trinajstić information content (AvgIpc) is 3.06. The topological polar surface area (TPSA) is 15.8 Å². The zero-order valence-corrected chi connectivity index (χ0v) is 15.1. The zero-order valence-electron chi connectivity index (χ0n) is 15.1. The summed E-state index contributed by atoms with van der Waals surface area (Å²) in [6.45, 7) is 6.36. The summed E-state index contributed by atoms with van der Waals surface area (Å²) in [4.78, 5) is 3.52. The first kappa shape index (κ1) is 16.4. The summed E-state index contributed by atoms with van der Waals surface area (Å²) in [5, 5.41) is 2.56. The van der Waals surface area contributed by atoms with Crippen LogP contribution in [0, 0.1) is 5.92 Å². The highest BCUT2D eigenvalue weighted by Crippen LogP contribution is 2.28. The summed E-state index contributed by atoms with van der Waals surface area (Å²) in [6.07, 6.45) is 16.0. The van der Waals surface area contributed by atoms with Gasteiger partial charge in [0.05, 0.1) is 0 Å². The molecular formula is C25H23N. The van der Waals surface area contributed by atoms with E-state index in [4.69, 9.17) is 0 Å². The fraction of sp³-hybridized carbons (Fsp3) is 0.120. The molecular weight excluding hydrogens is 314 g/mol. The molecule has 0 amide bonds. The Morgan fingerprint density at radius 3 is 2.77 bits per heavy atom. The van der Waals surface area contributed by atoms with Gasteiger partial charge in [0.1, 0.15) is 0 Å². The predicted molar refractivity (Wildman–Crippen MR) is 114 cm³/mol. The number of H-pyrrole nitrogens is 1. The number of benzene rings is 2. The number of allylic oxidation sites excluding steroid dienone is 9. The van der Waals surface area contributed by atoms with E-state index < -0.39 is 0 Å². The first-order valence-corrected chi connectivity index (χ1v) is 9.10. The third kappa shape index (κ3) is 3.21. The molecule has 0 spiro atoms. The van der Waals surface area contributed by atoms with Crippen LogP contribution in [-0.2, 0) is 0 Å². The van der Waals surface area contributed by atoms with Gasteiger partial charge in [-0.05, 0) is 42.2 Å². The molecule has 1 heteroatoms. The van der Waals surface area contributed by atoms with Crippen LogP contribution in [0.2, 0.25) is 0 Å². The second kappa shape index (κ2) is 7.05. The van der Waals surface area contributed by atoms with E-state index in [0.29, 0.717) is 5.92 Å². The molecule has 1 atom stereocenters. The molecule has 1 aliphatic carbocycles. The number of nitrogens with one attached hydrogen (secondary N) is 1. The number of hydrogen-bond acceptors (Lipinski definition) is 0. The van der Waals surface area contributed by atoms with Crippen molar-refractivity contribution in [3.8, 4) is 0 Å². The lowest BCUT2D eigenvalue weighted by Gasteiger charge is -2.12. The van der Waals surface area contributed by atoms with Crippen LogP contribution in [0.25, 0.3) is 27.4 Å². The Balaban J connectivity index is 1.56. The third-order valence-corrected chi connectivity index (χ3v) is 5.07. The van der Waals surface area contributed by atoms with E-state index >= 15 is 0 Å². The highest BCUT2D eigenvalue weighted by Gasteiger charge is 2.07. The van der Waals surface area contributed by atoms with Gasteiger partial charge in [-0.2, -0.15) is 0 Å². The minimum absolute atomic E-state index is 0.424. The second-order valence-corrected chi connectivity index (χ2v) is 6.87. The van der Waals surface area contributed by atoms with Gasteiger partial charge in [0, 0.05) is 27.7 Å². The molecule has 1 aliphatic rings. The average molecular weight is 337 g/mol. The van der Waals surface area contributed by atoms with Crippen LogP contribution in [0.5, 0.6) is 0 Å². The predicted octanol–water partition coefficient (Wildman–Crippen LogP) is 6.97. The third-order valence-electron chi connectivity index (χ3n) is 5.07. The molecule has 0 aliphatic heterocycles. The molecule has 0 radical (unpaired) electrons. The fourth-order valence-corrected chi connectivity index (χ4v) is 3.49. The Bertz CT molecular complexity index is 1090. The lowest BCUT2D eigenvalue weighted by Crippen LogP contribution is -1.98. The molecule has 26 heavy (non-hydrogen) atoms. The lowest BCUT2D eigenvalue weighted by atomic mass is 9.93. The minimum Gasteiger partial charge on any atom is -0.354 e. The lowest BCUT2D eigenvalue weighted by molar-refractivity contribution is 0.790. The molecule has 0 bridgehead atoms. The molecule has 0 fully saturated rings. The van der Waals surface area contributed by atoms with Gasteiger partial charge >= 0.3 is 0 Å². The molecule has 1 heterocycles. The standard InChI is InChI=1S/C25H23N/c1-18(20-11-4-3-5-12-20)9-8-10-19(2)21-15-16-23-22-13-6-7-14-24(22)26-25(23)17-21/h3-11,13-17,20,26H,1,12H2,2H3/b9-8-,19-10+.